The number of amides is 1. The zero-order valence-electron chi connectivity index (χ0n) is 10.4. The maximum absolute atomic E-state index is 11.3. The molecule has 0 atom stereocenters. The average molecular weight is 209 g/mol. The van der Waals surface area contributed by atoms with Gasteiger partial charge < -0.3 is 4.90 Å². The number of rotatable bonds is 3. The fraction of sp³-hybridized carbons (Fsp3) is 0.923. The van der Waals surface area contributed by atoms with Gasteiger partial charge in [-0.15, -0.1) is 0 Å². The minimum Gasteiger partial charge on any atom is -0.339 e. The monoisotopic (exact) mass is 209 g/mol. The van der Waals surface area contributed by atoms with Gasteiger partial charge in [0.05, 0.1) is 0 Å². The average Bonchev–Trinajstić information content (AvgIpc) is 2.05. The number of hydrogen-bond acceptors (Lipinski definition) is 1. The molecule has 15 heavy (non-hydrogen) atoms. The molecule has 0 bridgehead atoms. The van der Waals surface area contributed by atoms with Crippen molar-refractivity contribution in [2.24, 2.45) is 17.3 Å². The topological polar surface area (TPSA) is 20.3 Å². The highest BCUT2D eigenvalue weighted by molar-refractivity contribution is 5.82. The molecule has 2 fully saturated rings. The van der Waals surface area contributed by atoms with Crippen molar-refractivity contribution >= 4 is 5.91 Å². The summed E-state index contributed by atoms with van der Waals surface area (Å²) in [7, 11) is 0. The van der Waals surface area contributed by atoms with Gasteiger partial charge in [-0.05, 0) is 30.1 Å². The lowest BCUT2D eigenvalue weighted by Gasteiger charge is -2.58. The van der Waals surface area contributed by atoms with Crippen molar-refractivity contribution in [3.63, 3.8) is 0 Å². The van der Waals surface area contributed by atoms with Crippen LogP contribution in [0.25, 0.3) is 0 Å². The molecule has 86 valence electrons. The van der Waals surface area contributed by atoms with E-state index in [0.717, 1.165) is 24.8 Å². The Labute approximate surface area is 93.0 Å². The van der Waals surface area contributed by atoms with Gasteiger partial charge in [0.1, 0.15) is 0 Å². The van der Waals surface area contributed by atoms with Crippen molar-refractivity contribution in [1.29, 1.82) is 0 Å². The van der Waals surface area contributed by atoms with Crippen molar-refractivity contribution in [2.75, 3.05) is 6.54 Å². The van der Waals surface area contributed by atoms with Gasteiger partial charge >= 0.3 is 0 Å². The molecule has 2 heteroatoms. The molecule has 0 N–H and O–H groups in total. The van der Waals surface area contributed by atoms with Crippen molar-refractivity contribution in [1.82, 2.24) is 4.90 Å². The molecule has 0 spiro atoms. The first-order valence-corrected chi connectivity index (χ1v) is 6.27. The van der Waals surface area contributed by atoms with Crippen LogP contribution in [0.5, 0.6) is 0 Å². The predicted molar refractivity (Wildman–Crippen MR) is 61.5 cm³/mol. The van der Waals surface area contributed by atoms with Crippen LogP contribution in [0.4, 0.5) is 0 Å². The Morgan fingerprint density at radius 1 is 1.20 bits per heavy atom. The van der Waals surface area contributed by atoms with Crippen molar-refractivity contribution in [2.45, 2.75) is 53.0 Å². The summed E-state index contributed by atoms with van der Waals surface area (Å²) in [5.74, 6) is 1.86. The van der Waals surface area contributed by atoms with E-state index in [9.17, 15) is 4.79 Å². The Morgan fingerprint density at radius 2 is 1.73 bits per heavy atom. The molecule has 0 radical (unpaired) electrons. The van der Waals surface area contributed by atoms with Crippen LogP contribution in [-0.2, 0) is 4.79 Å². The molecular weight excluding hydrogens is 186 g/mol. The highest BCUT2D eigenvalue weighted by Crippen LogP contribution is 2.54. The fourth-order valence-electron chi connectivity index (χ4n) is 3.37. The highest BCUT2D eigenvalue weighted by atomic mass is 16.2. The van der Waals surface area contributed by atoms with E-state index in [1.54, 1.807) is 0 Å². The summed E-state index contributed by atoms with van der Waals surface area (Å²) < 4.78 is 0. The zero-order chi connectivity index (χ0) is 11.2. The third-order valence-electron chi connectivity index (χ3n) is 4.86. The van der Waals surface area contributed by atoms with E-state index in [1.165, 1.54) is 12.8 Å². The molecule has 0 aromatic heterocycles. The van der Waals surface area contributed by atoms with Gasteiger partial charge in [0, 0.05) is 19.0 Å². The van der Waals surface area contributed by atoms with E-state index in [0.29, 0.717) is 17.4 Å². The van der Waals surface area contributed by atoms with Gasteiger partial charge in [0.15, 0.2) is 0 Å². The molecule has 2 rings (SSSR count). The Balaban J connectivity index is 1.96. The first-order chi connectivity index (χ1) is 6.97. The lowest BCUT2D eigenvalue weighted by Crippen LogP contribution is -2.60. The molecule has 0 aromatic carbocycles. The number of likely N-dealkylation sites (tertiary alicyclic amines) is 1. The highest BCUT2D eigenvalue weighted by Gasteiger charge is 2.52. The summed E-state index contributed by atoms with van der Waals surface area (Å²) in [4.78, 5) is 13.4. The van der Waals surface area contributed by atoms with Crippen molar-refractivity contribution < 1.29 is 4.79 Å². The summed E-state index contributed by atoms with van der Waals surface area (Å²) >= 11 is 0. The van der Waals surface area contributed by atoms with Crippen LogP contribution in [-0.4, -0.2) is 23.4 Å². The predicted octanol–water partition coefficient (Wildman–Crippen LogP) is 2.68. The largest absolute Gasteiger partial charge is 0.339 e. The summed E-state index contributed by atoms with van der Waals surface area (Å²) in [6.45, 7) is 10.3. The maximum atomic E-state index is 11.3. The maximum Gasteiger partial charge on any atom is 0.224 e. The molecule has 1 heterocycles. The second-order valence-electron chi connectivity index (χ2n) is 5.94. The van der Waals surface area contributed by atoms with Crippen LogP contribution in [0.15, 0.2) is 0 Å². The molecule has 2 nitrogen and oxygen atoms in total. The van der Waals surface area contributed by atoms with Crippen LogP contribution in [0.2, 0.25) is 0 Å². The third-order valence-corrected chi connectivity index (χ3v) is 4.86. The molecule has 1 amide bonds. The standard InChI is InChI=1S/C13H23NO/c1-9(2)13(10(3)4)7-11(8-13)14-6-5-12(14)15/h9-11H,5-8H2,1-4H3. The van der Waals surface area contributed by atoms with E-state index in [-0.39, 0.29) is 0 Å². The number of carbonyl (C=O) groups is 1. The summed E-state index contributed by atoms with van der Waals surface area (Å²) in [6.07, 6.45) is 3.25. The molecule has 1 saturated carbocycles. The first-order valence-electron chi connectivity index (χ1n) is 6.27. The van der Waals surface area contributed by atoms with Gasteiger partial charge in [-0.25, -0.2) is 0 Å². The third kappa shape index (κ3) is 1.49. The quantitative estimate of drug-likeness (QED) is 0.654. The summed E-state index contributed by atoms with van der Waals surface area (Å²) in [6, 6.07) is 0.566. The smallest absolute Gasteiger partial charge is 0.224 e. The number of hydrogen-bond donors (Lipinski definition) is 0. The van der Waals surface area contributed by atoms with Crippen LogP contribution in [0.1, 0.15) is 47.0 Å². The van der Waals surface area contributed by atoms with E-state index < -0.39 is 0 Å². The molecule has 0 unspecified atom stereocenters. The summed E-state index contributed by atoms with van der Waals surface area (Å²) in [5, 5.41) is 0. The van der Waals surface area contributed by atoms with Crippen LogP contribution < -0.4 is 0 Å². The van der Waals surface area contributed by atoms with E-state index in [4.69, 9.17) is 0 Å². The van der Waals surface area contributed by atoms with Gasteiger partial charge in [0.2, 0.25) is 5.91 Å². The van der Waals surface area contributed by atoms with Gasteiger partial charge in [0.25, 0.3) is 0 Å². The number of carbonyl (C=O) groups excluding carboxylic acids is 1. The lowest BCUT2D eigenvalue weighted by molar-refractivity contribution is -0.155. The minimum atomic E-state index is 0.376. The minimum absolute atomic E-state index is 0.376. The van der Waals surface area contributed by atoms with Crippen LogP contribution >= 0.6 is 0 Å². The second-order valence-corrected chi connectivity index (χ2v) is 5.94. The second kappa shape index (κ2) is 3.50. The molecule has 0 aromatic rings. The zero-order valence-corrected chi connectivity index (χ0v) is 10.4. The van der Waals surface area contributed by atoms with Crippen LogP contribution in [0, 0.1) is 17.3 Å². The Kier molecular flexibility index (Phi) is 2.56. The Bertz CT molecular complexity index is 254. The van der Waals surface area contributed by atoms with E-state index in [1.807, 2.05) is 0 Å². The van der Waals surface area contributed by atoms with Crippen molar-refractivity contribution in [3.8, 4) is 0 Å². The van der Waals surface area contributed by atoms with Crippen molar-refractivity contribution in [3.05, 3.63) is 0 Å². The van der Waals surface area contributed by atoms with Gasteiger partial charge in [-0.1, -0.05) is 27.7 Å². The Morgan fingerprint density at radius 3 is 2.00 bits per heavy atom. The Hall–Kier alpha value is -0.530. The number of nitrogens with zero attached hydrogens (tertiary/aromatic N) is 1. The number of β-lactam (4-membered cyclic amide) rings is 1. The molecular formula is C13H23NO. The van der Waals surface area contributed by atoms with Gasteiger partial charge in [-0.3, -0.25) is 4.79 Å². The lowest BCUT2D eigenvalue weighted by atomic mass is 9.53. The molecule has 1 aliphatic heterocycles. The molecule has 2 aliphatic rings. The fourth-order valence-corrected chi connectivity index (χ4v) is 3.37. The van der Waals surface area contributed by atoms with Gasteiger partial charge in [-0.2, -0.15) is 0 Å². The van der Waals surface area contributed by atoms with Crippen LogP contribution in [0.3, 0.4) is 0 Å². The normalized spacial score (nSPS) is 25.7. The van der Waals surface area contributed by atoms with E-state index >= 15 is 0 Å². The summed E-state index contributed by atoms with van der Waals surface area (Å²) in [5.41, 5.74) is 0.501. The molecule has 1 aliphatic carbocycles. The van der Waals surface area contributed by atoms with E-state index in [2.05, 4.69) is 32.6 Å². The first kappa shape index (κ1) is 11.0. The SMILES string of the molecule is CC(C)C1(C(C)C)CC(N2CCC2=O)C1. The molecule has 1 saturated heterocycles.